The fourth-order valence-corrected chi connectivity index (χ4v) is 2.76. The normalized spacial score (nSPS) is 24.8. The molecule has 1 fully saturated rings. The Bertz CT molecular complexity index is 379. The summed E-state index contributed by atoms with van der Waals surface area (Å²) in [7, 11) is 0. The van der Waals surface area contributed by atoms with Gasteiger partial charge in [-0.3, -0.25) is 0 Å². The molecule has 0 amide bonds. The maximum atomic E-state index is 5.16. The number of aryl methyl sites for hydroxylation is 1. The van der Waals surface area contributed by atoms with Crippen LogP contribution in [0.2, 0.25) is 0 Å². The second-order valence-electron chi connectivity index (χ2n) is 5.61. The van der Waals surface area contributed by atoms with Crippen molar-refractivity contribution in [2.24, 2.45) is 5.92 Å². The maximum Gasteiger partial charge on any atom is 0.227 e. The Hall–Kier alpha value is -0.940. The molecule has 0 aromatic carbocycles. The molecule has 2 rings (SSSR count). The van der Waals surface area contributed by atoms with Gasteiger partial charge in [0.05, 0.1) is 0 Å². The molecule has 1 aromatic heterocycles. The van der Waals surface area contributed by atoms with Crippen molar-refractivity contribution in [1.29, 1.82) is 0 Å². The van der Waals surface area contributed by atoms with Crippen LogP contribution in [-0.4, -0.2) is 47.3 Å². The minimum atomic E-state index is 0.682. The number of hydrogen-bond donors (Lipinski definition) is 1. The second-order valence-corrected chi connectivity index (χ2v) is 5.61. The summed E-state index contributed by atoms with van der Waals surface area (Å²) in [4.78, 5) is 6.76. The fraction of sp³-hybridized carbons (Fsp3) is 0.857. The topological polar surface area (TPSA) is 54.2 Å². The smallest absolute Gasteiger partial charge is 0.227 e. The second kappa shape index (κ2) is 7.01. The number of hydrogen-bond acceptors (Lipinski definition) is 5. The highest BCUT2D eigenvalue weighted by atomic mass is 16.5. The molecule has 2 unspecified atom stereocenters. The average molecular weight is 266 g/mol. The number of likely N-dealkylation sites (tertiary alicyclic amines) is 1. The van der Waals surface area contributed by atoms with E-state index in [1.807, 2.05) is 6.92 Å². The molecule has 0 saturated carbocycles. The van der Waals surface area contributed by atoms with Gasteiger partial charge in [0.25, 0.3) is 0 Å². The Kier molecular flexibility index (Phi) is 5.34. The molecular formula is C14H26N4O. The fourth-order valence-electron chi connectivity index (χ4n) is 2.76. The molecule has 5 heteroatoms. The van der Waals surface area contributed by atoms with Crippen molar-refractivity contribution in [3.8, 4) is 0 Å². The third-order valence-corrected chi connectivity index (χ3v) is 3.86. The minimum Gasteiger partial charge on any atom is -0.339 e. The van der Waals surface area contributed by atoms with E-state index in [2.05, 4.69) is 34.2 Å². The lowest BCUT2D eigenvalue weighted by Crippen LogP contribution is -2.48. The van der Waals surface area contributed by atoms with Gasteiger partial charge >= 0.3 is 0 Å². The van der Waals surface area contributed by atoms with Crippen molar-refractivity contribution in [1.82, 2.24) is 20.4 Å². The van der Waals surface area contributed by atoms with E-state index in [0.717, 1.165) is 37.8 Å². The molecule has 19 heavy (non-hydrogen) atoms. The van der Waals surface area contributed by atoms with E-state index in [-0.39, 0.29) is 0 Å². The van der Waals surface area contributed by atoms with Gasteiger partial charge in [-0.1, -0.05) is 19.0 Å². The Morgan fingerprint density at radius 1 is 1.47 bits per heavy atom. The van der Waals surface area contributed by atoms with E-state index in [1.54, 1.807) is 0 Å². The number of nitrogens with one attached hydrogen (secondary N) is 1. The van der Waals surface area contributed by atoms with Crippen molar-refractivity contribution in [3.63, 3.8) is 0 Å². The van der Waals surface area contributed by atoms with E-state index >= 15 is 0 Å². The molecule has 0 spiro atoms. The van der Waals surface area contributed by atoms with Gasteiger partial charge in [-0.15, -0.1) is 0 Å². The molecule has 1 aliphatic heterocycles. The number of rotatable bonds is 6. The zero-order chi connectivity index (χ0) is 13.7. The lowest BCUT2D eigenvalue weighted by molar-refractivity contribution is 0.146. The molecular weight excluding hydrogens is 240 g/mol. The van der Waals surface area contributed by atoms with E-state index in [0.29, 0.717) is 12.0 Å². The molecule has 2 atom stereocenters. The number of piperidine rings is 1. The Morgan fingerprint density at radius 3 is 2.95 bits per heavy atom. The predicted octanol–water partition coefficient (Wildman–Crippen LogP) is 1.63. The zero-order valence-electron chi connectivity index (χ0n) is 12.4. The molecule has 1 aliphatic rings. The standard InChI is InChI=1S/C14H26N4O/c1-4-7-15-13-5-8-18(10-11(13)2)9-6-14-16-12(3)17-19-14/h11,13,15H,4-10H2,1-3H3. The van der Waals surface area contributed by atoms with Gasteiger partial charge in [0.1, 0.15) is 0 Å². The summed E-state index contributed by atoms with van der Waals surface area (Å²) in [6, 6.07) is 0.682. The molecule has 108 valence electrons. The Balaban J connectivity index is 1.72. The van der Waals surface area contributed by atoms with Crippen molar-refractivity contribution in [2.75, 3.05) is 26.2 Å². The van der Waals surface area contributed by atoms with Gasteiger partial charge in [-0.2, -0.15) is 4.98 Å². The summed E-state index contributed by atoms with van der Waals surface area (Å²) in [5, 5.41) is 7.48. The minimum absolute atomic E-state index is 0.682. The molecule has 5 nitrogen and oxygen atoms in total. The van der Waals surface area contributed by atoms with Crippen LogP contribution in [0.25, 0.3) is 0 Å². The molecule has 1 saturated heterocycles. The third-order valence-electron chi connectivity index (χ3n) is 3.86. The molecule has 0 radical (unpaired) electrons. The van der Waals surface area contributed by atoms with Crippen LogP contribution in [0.15, 0.2) is 4.52 Å². The Labute approximate surface area is 115 Å². The van der Waals surface area contributed by atoms with Crippen LogP contribution in [0, 0.1) is 12.8 Å². The quantitative estimate of drug-likeness (QED) is 0.848. The molecule has 1 N–H and O–H groups in total. The number of aromatic nitrogens is 2. The Morgan fingerprint density at radius 2 is 2.32 bits per heavy atom. The molecule has 1 aromatic rings. The van der Waals surface area contributed by atoms with Gasteiger partial charge in [0, 0.05) is 25.6 Å². The van der Waals surface area contributed by atoms with E-state index in [9.17, 15) is 0 Å². The molecule has 0 bridgehead atoms. The first-order valence-electron chi connectivity index (χ1n) is 7.44. The van der Waals surface area contributed by atoms with Gasteiger partial charge < -0.3 is 14.7 Å². The van der Waals surface area contributed by atoms with Gasteiger partial charge in [-0.25, -0.2) is 0 Å². The van der Waals surface area contributed by atoms with E-state index in [1.165, 1.54) is 19.4 Å². The van der Waals surface area contributed by atoms with E-state index in [4.69, 9.17) is 4.52 Å². The van der Waals surface area contributed by atoms with Crippen LogP contribution in [0.5, 0.6) is 0 Å². The summed E-state index contributed by atoms with van der Waals surface area (Å²) in [6.45, 7) is 10.9. The largest absolute Gasteiger partial charge is 0.339 e. The SMILES string of the molecule is CCCNC1CCN(CCc2nc(C)no2)CC1C. The summed E-state index contributed by atoms with van der Waals surface area (Å²) >= 11 is 0. The van der Waals surface area contributed by atoms with Crippen LogP contribution in [-0.2, 0) is 6.42 Å². The molecule has 0 aliphatic carbocycles. The predicted molar refractivity (Wildman–Crippen MR) is 75.0 cm³/mol. The van der Waals surface area contributed by atoms with Crippen LogP contribution in [0.4, 0.5) is 0 Å². The average Bonchev–Trinajstić information content (AvgIpc) is 2.81. The van der Waals surface area contributed by atoms with Crippen molar-refractivity contribution in [3.05, 3.63) is 11.7 Å². The van der Waals surface area contributed by atoms with Crippen LogP contribution in [0.3, 0.4) is 0 Å². The highest BCUT2D eigenvalue weighted by molar-refractivity contribution is 4.87. The van der Waals surface area contributed by atoms with Crippen LogP contribution >= 0.6 is 0 Å². The lowest BCUT2D eigenvalue weighted by atomic mass is 9.93. The van der Waals surface area contributed by atoms with E-state index < -0.39 is 0 Å². The van der Waals surface area contributed by atoms with Crippen LogP contribution < -0.4 is 5.32 Å². The third kappa shape index (κ3) is 4.28. The van der Waals surface area contributed by atoms with Gasteiger partial charge in [-0.05, 0) is 38.8 Å². The highest BCUT2D eigenvalue weighted by Crippen LogP contribution is 2.17. The summed E-state index contributed by atoms with van der Waals surface area (Å²) in [6.07, 6.45) is 3.31. The van der Waals surface area contributed by atoms with Crippen LogP contribution in [0.1, 0.15) is 38.4 Å². The highest BCUT2D eigenvalue weighted by Gasteiger charge is 2.25. The number of nitrogens with zero attached hydrogens (tertiary/aromatic N) is 3. The van der Waals surface area contributed by atoms with Crippen molar-refractivity contribution in [2.45, 2.75) is 46.1 Å². The van der Waals surface area contributed by atoms with Gasteiger partial charge in [0.2, 0.25) is 5.89 Å². The molecule has 2 heterocycles. The van der Waals surface area contributed by atoms with Gasteiger partial charge in [0.15, 0.2) is 5.82 Å². The maximum absolute atomic E-state index is 5.16. The first kappa shape index (κ1) is 14.5. The summed E-state index contributed by atoms with van der Waals surface area (Å²) in [5.74, 6) is 2.20. The first-order chi connectivity index (χ1) is 9.19. The van der Waals surface area contributed by atoms with Crippen molar-refractivity contribution < 1.29 is 4.52 Å². The van der Waals surface area contributed by atoms with Crippen molar-refractivity contribution >= 4 is 0 Å². The monoisotopic (exact) mass is 266 g/mol. The first-order valence-corrected chi connectivity index (χ1v) is 7.44. The summed E-state index contributed by atoms with van der Waals surface area (Å²) in [5.41, 5.74) is 0. The lowest BCUT2D eigenvalue weighted by Gasteiger charge is -2.37. The summed E-state index contributed by atoms with van der Waals surface area (Å²) < 4.78 is 5.16. The zero-order valence-corrected chi connectivity index (χ0v) is 12.4.